The van der Waals surface area contributed by atoms with E-state index in [0.29, 0.717) is 6.42 Å². The van der Waals surface area contributed by atoms with Crippen LogP contribution in [0.1, 0.15) is 46.5 Å². The van der Waals surface area contributed by atoms with Gasteiger partial charge in [0.2, 0.25) is 0 Å². The Bertz CT molecular complexity index is 397. The molecule has 0 amide bonds. The number of rotatable bonds is 3. The van der Waals surface area contributed by atoms with Crippen LogP contribution in [-0.4, -0.2) is 5.78 Å². The molecule has 0 aromatic rings. The summed E-state index contributed by atoms with van der Waals surface area (Å²) < 4.78 is 0. The molecule has 1 aliphatic rings. The molecule has 0 aromatic heterocycles. The van der Waals surface area contributed by atoms with Gasteiger partial charge >= 0.3 is 0 Å². The van der Waals surface area contributed by atoms with Crippen LogP contribution in [0.15, 0.2) is 40.7 Å². The highest BCUT2D eigenvalue weighted by molar-refractivity contribution is 5.97. The van der Waals surface area contributed by atoms with Gasteiger partial charge in [0.25, 0.3) is 0 Å². The van der Waals surface area contributed by atoms with Crippen molar-refractivity contribution in [1.29, 1.82) is 0 Å². The molecular weight excluding hydrogens is 196 g/mol. The lowest BCUT2D eigenvalue weighted by Gasteiger charge is -2.16. The molecule has 1 heteroatoms. The van der Waals surface area contributed by atoms with Crippen LogP contribution in [0.2, 0.25) is 0 Å². The zero-order chi connectivity index (χ0) is 12.1. The van der Waals surface area contributed by atoms with Crippen LogP contribution in [0.3, 0.4) is 0 Å². The Morgan fingerprint density at radius 3 is 2.62 bits per heavy atom. The molecule has 0 saturated carbocycles. The SMILES string of the molecule is C=C(C)CC1=C(C=C=C(C)C)CCCC1=O. The summed E-state index contributed by atoms with van der Waals surface area (Å²) in [6, 6.07) is 0. The normalized spacial score (nSPS) is 15.8. The van der Waals surface area contributed by atoms with Crippen LogP contribution in [0.4, 0.5) is 0 Å². The summed E-state index contributed by atoms with van der Waals surface area (Å²) in [6.07, 6.45) is 5.35. The van der Waals surface area contributed by atoms with Crippen LogP contribution in [0.5, 0.6) is 0 Å². The first-order valence-electron chi connectivity index (χ1n) is 5.80. The molecule has 1 aliphatic carbocycles. The summed E-state index contributed by atoms with van der Waals surface area (Å²) in [4.78, 5) is 11.8. The lowest BCUT2D eigenvalue weighted by molar-refractivity contribution is -0.116. The lowest BCUT2D eigenvalue weighted by Crippen LogP contribution is -2.11. The van der Waals surface area contributed by atoms with Gasteiger partial charge in [-0.3, -0.25) is 4.79 Å². The molecule has 0 bridgehead atoms. The minimum absolute atomic E-state index is 0.288. The van der Waals surface area contributed by atoms with Gasteiger partial charge in [0.15, 0.2) is 5.78 Å². The summed E-state index contributed by atoms with van der Waals surface area (Å²) in [5.74, 6) is 0.288. The Labute approximate surface area is 98.2 Å². The van der Waals surface area contributed by atoms with E-state index in [1.165, 1.54) is 0 Å². The van der Waals surface area contributed by atoms with E-state index in [0.717, 1.165) is 41.6 Å². The Kier molecular flexibility index (Phi) is 4.52. The molecule has 0 aliphatic heterocycles. The third-order valence-electron chi connectivity index (χ3n) is 2.59. The van der Waals surface area contributed by atoms with Gasteiger partial charge in [-0.05, 0) is 57.3 Å². The van der Waals surface area contributed by atoms with Gasteiger partial charge in [-0.15, -0.1) is 5.73 Å². The molecule has 0 N–H and O–H groups in total. The highest BCUT2D eigenvalue weighted by atomic mass is 16.1. The van der Waals surface area contributed by atoms with Crippen molar-refractivity contribution in [3.63, 3.8) is 0 Å². The maximum Gasteiger partial charge on any atom is 0.159 e. The monoisotopic (exact) mass is 216 g/mol. The highest BCUT2D eigenvalue weighted by Crippen LogP contribution is 2.27. The van der Waals surface area contributed by atoms with E-state index in [-0.39, 0.29) is 5.78 Å². The van der Waals surface area contributed by atoms with Crippen molar-refractivity contribution < 1.29 is 4.79 Å². The first-order chi connectivity index (χ1) is 7.50. The van der Waals surface area contributed by atoms with Crippen LogP contribution < -0.4 is 0 Å². The van der Waals surface area contributed by atoms with Gasteiger partial charge in [-0.1, -0.05) is 12.2 Å². The zero-order valence-electron chi connectivity index (χ0n) is 10.5. The van der Waals surface area contributed by atoms with Crippen molar-refractivity contribution in [2.24, 2.45) is 0 Å². The third kappa shape index (κ3) is 3.67. The van der Waals surface area contributed by atoms with Crippen molar-refractivity contribution in [3.8, 4) is 0 Å². The lowest BCUT2D eigenvalue weighted by atomic mass is 9.87. The second-order valence-corrected chi connectivity index (χ2v) is 4.70. The van der Waals surface area contributed by atoms with Gasteiger partial charge in [0, 0.05) is 12.0 Å². The number of Topliss-reactive ketones (excluding diaryl/α,β-unsaturated/α-hetero) is 1. The Morgan fingerprint density at radius 1 is 1.38 bits per heavy atom. The maximum absolute atomic E-state index is 11.8. The van der Waals surface area contributed by atoms with Crippen molar-refractivity contribution in [1.82, 2.24) is 0 Å². The van der Waals surface area contributed by atoms with E-state index in [1.807, 2.05) is 26.8 Å². The van der Waals surface area contributed by atoms with E-state index < -0.39 is 0 Å². The van der Waals surface area contributed by atoms with Crippen LogP contribution in [0, 0.1) is 0 Å². The molecule has 0 unspecified atom stereocenters. The number of hydrogen-bond acceptors (Lipinski definition) is 1. The molecule has 0 radical (unpaired) electrons. The Balaban J connectivity index is 3.09. The largest absolute Gasteiger partial charge is 0.295 e. The summed E-state index contributed by atoms with van der Waals surface area (Å²) in [5.41, 5.74) is 7.48. The average molecular weight is 216 g/mol. The molecule has 0 aromatic carbocycles. The molecule has 0 atom stereocenters. The first kappa shape index (κ1) is 12.7. The zero-order valence-corrected chi connectivity index (χ0v) is 10.5. The molecule has 1 nitrogen and oxygen atoms in total. The quantitative estimate of drug-likeness (QED) is 0.512. The van der Waals surface area contributed by atoms with Gasteiger partial charge in [0.05, 0.1) is 0 Å². The molecule has 0 saturated heterocycles. The van der Waals surface area contributed by atoms with Gasteiger partial charge in [-0.25, -0.2) is 0 Å². The summed E-state index contributed by atoms with van der Waals surface area (Å²) in [6.45, 7) is 9.88. The standard InChI is InChI=1S/C15H20O/c1-11(2)8-9-13-6-5-7-15(16)14(13)10-12(3)4/h9H,3,5-7,10H2,1-2,4H3. The topological polar surface area (TPSA) is 17.1 Å². The van der Waals surface area contributed by atoms with Gasteiger partial charge in [0.1, 0.15) is 0 Å². The number of hydrogen-bond donors (Lipinski definition) is 0. The molecular formula is C15H20O. The second kappa shape index (κ2) is 5.67. The molecule has 0 heterocycles. The van der Waals surface area contributed by atoms with Crippen molar-refractivity contribution in [2.45, 2.75) is 46.5 Å². The van der Waals surface area contributed by atoms with Crippen LogP contribution in [0.25, 0.3) is 0 Å². The van der Waals surface area contributed by atoms with E-state index in [2.05, 4.69) is 12.3 Å². The fourth-order valence-electron chi connectivity index (χ4n) is 1.82. The minimum Gasteiger partial charge on any atom is -0.295 e. The minimum atomic E-state index is 0.288. The Hall–Kier alpha value is -1.33. The summed E-state index contributed by atoms with van der Waals surface area (Å²) in [7, 11) is 0. The number of carbonyl (C=O) groups excluding carboxylic acids is 1. The number of ketones is 1. The predicted molar refractivity (Wildman–Crippen MR) is 68.3 cm³/mol. The molecule has 1 rings (SSSR count). The number of allylic oxidation sites excluding steroid dienone is 4. The summed E-state index contributed by atoms with van der Waals surface area (Å²) in [5, 5.41) is 0. The molecule has 0 fully saturated rings. The molecule has 86 valence electrons. The number of carbonyl (C=O) groups is 1. The smallest absolute Gasteiger partial charge is 0.159 e. The van der Waals surface area contributed by atoms with Gasteiger partial charge in [-0.2, -0.15) is 0 Å². The molecule has 0 spiro atoms. The predicted octanol–water partition coefficient (Wildman–Crippen LogP) is 4.12. The van der Waals surface area contributed by atoms with Gasteiger partial charge < -0.3 is 0 Å². The summed E-state index contributed by atoms with van der Waals surface area (Å²) >= 11 is 0. The fraction of sp³-hybridized carbons (Fsp3) is 0.467. The average Bonchev–Trinajstić information content (AvgIpc) is 2.18. The van der Waals surface area contributed by atoms with Crippen molar-refractivity contribution in [2.75, 3.05) is 0 Å². The van der Waals surface area contributed by atoms with Crippen molar-refractivity contribution >= 4 is 5.78 Å². The van der Waals surface area contributed by atoms with E-state index in [1.54, 1.807) is 0 Å². The molecule has 16 heavy (non-hydrogen) atoms. The van der Waals surface area contributed by atoms with E-state index >= 15 is 0 Å². The maximum atomic E-state index is 11.8. The van der Waals surface area contributed by atoms with Crippen LogP contribution in [-0.2, 0) is 4.79 Å². The van der Waals surface area contributed by atoms with E-state index in [4.69, 9.17) is 0 Å². The third-order valence-corrected chi connectivity index (χ3v) is 2.59. The fourth-order valence-corrected chi connectivity index (χ4v) is 1.82. The first-order valence-corrected chi connectivity index (χ1v) is 5.80. The van der Waals surface area contributed by atoms with Crippen molar-refractivity contribution in [3.05, 3.63) is 40.7 Å². The van der Waals surface area contributed by atoms with Crippen LogP contribution >= 0.6 is 0 Å². The Morgan fingerprint density at radius 2 is 2.06 bits per heavy atom. The highest BCUT2D eigenvalue weighted by Gasteiger charge is 2.18. The van der Waals surface area contributed by atoms with E-state index in [9.17, 15) is 4.79 Å². The second-order valence-electron chi connectivity index (χ2n) is 4.70.